The molecule has 6 aromatic rings. The number of rotatable bonds is 6. The van der Waals surface area contributed by atoms with E-state index in [1.54, 1.807) is 30.5 Å². The molecule has 2 heterocycles. The third-order valence-electron chi connectivity index (χ3n) is 6.78. The first kappa shape index (κ1) is 24.9. The van der Waals surface area contributed by atoms with E-state index in [0.717, 1.165) is 27.7 Å². The van der Waals surface area contributed by atoms with Crippen LogP contribution in [0.25, 0.3) is 33.2 Å². The predicted molar refractivity (Wildman–Crippen MR) is 156 cm³/mol. The number of halogens is 1. The van der Waals surface area contributed by atoms with E-state index in [9.17, 15) is 14.0 Å². The van der Waals surface area contributed by atoms with Crippen LogP contribution in [0.1, 0.15) is 11.3 Å². The summed E-state index contributed by atoms with van der Waals surface area (Å²) in [6.07, 6.45) is 1.64. The Kier molecular flexibility index (Phi) is 6.49. The molecule has 196 valence electrons. The van der Waals surface area contributed by atoms with Crippen LogP contribution < -0.4 is 10.9 Å². The summed E-state index contributed by atoms with van der Waals surface area (Å²) in [5, 5.41) is 8.74. The molecule has 40 heavy (non-hydrogen) atoms. The minimum atomic E-state index is -0.424. The Morgan fingerprint density at radius 1 is 0.925 bits per heavy atom. The van der Waals surface area contributed by atoms with Crippen molar-refractivity contribution in [2.45, 2.75) is 13.5 Å². The first-order valence-electron chi connectivity index (χ1n) is 12.7. The number of fused-ring (bicyclic) bond motifs is 2. The Balaban J connectivity index is 1.43. The molecule has 7 nitrogen and oxygen atoms in total. The molecular formula is C32H24FN5O2. The molecular weight excluding hydrogens is 505 g/mol. The molecule has 1 N–H and O–H groups in total. The van der Waals surface area contributed by atoms with Crippen molar-refractivity contribution >= 4 is 39.6 Å². The van der Waals surface area contributed by atoms with Gasteiger partial charge in [-0.1, -0.05) is 66.7 Å². The summed E-state index contributed by atoms with van der Waals surface area (Å²) < 4.78 is 16.8. The van der Waals surface area contributed by atoms with Crippen LogP contribution in [0.3, 0.4) is 0 Å². The molecule has 0 spiro atoms. The first-order valence-corrected chi connectivity index (χ1v) is 12.7. The number of aromatic nitrogens is 3. The van der Waals surface area contributed by atoms with Crippen molar-refractivity contribution in [2.24, 2.45) is 5.10 Å². The zero-order chi connectivity index (χ0) is 27.6. The van der Waals surface area contributed by atoms with Gasteiger partial charge >= 0.3 is 0 Å². The summed E-state index contributed by atoms with van der Waals surface area (Å²) in [7, 11) is 0. The molecule has 0 aliphatic rings. The van der Waals surface area contributed by atoms with Crippen LogP contribution in [0.15, 0.2) is 113 Å². The van der Waals surface area contributed by atoms with Gasteiger partial charge in [0.05, 0.1) is 17.1 Å². The average Bonchev–Trinajstić information content (AvgIpc) is 3.23. The second-order valence-electron chi connectivity index (χ2n) is 9.34. The molecule has 6 rings (SSSR count). The van der Waals surface area contributed by atoms with E-state index in [-0.39, 0.29) is 18.0 Å². The van der Waals surface area contributed by atoms with Crippen LogP contribution in [0.4, 0.5) is 10.1 Å². The maximum absolute atomic E-state index is 13.6. The van der Waals surface area contributed by atoms with Crippen molar-refractivity contribution in [1.82, 2.24) is 14.2 Å². The van der Waals surface area contributed by atoms with Crippen LogP contribution in [-0.4, -0.2) is 26.3 Å². The highest BCUT2D eigenvalue weighted by Crippen LogP contribution is 2.25. The topological polar surface area (TPSA) is 81.3 Å². The molecule has 0 saturated heterocycles. The summed E-state index contributed by atoms with van der Waals surface area (Å²) in [4.78, 5) is 31.2. The average molecular weight is 530 g/mol. The van der Waals surface area contributed by atoms with Crippen molar-refractivity contribution in [2.75, 3.05) is 5.32 Å². The quantitative estimate of drug-likeness (QED) is 0.269. The Hall–Kier alpha value is -5.37. The van der Waals surface area contributed by atoms with Gasteiger partial charge < -0.3 is 9.88 Å². The van der Waals surface area contributed by atoms with E-state index >= 15 is 0 Å². The van der Waals surface area contributed by atoms with Crippen LogP contribution in [0.2, 0.25) is 0 Å². The molecule has 0 radical (unpaired) electrons. The van der Waals surface area contributed by atoms with Gasteiger partial charge in [0.15, 0.2) is 5.82 Å². The number of para-hydroxylation sites is 2. The van der Waals surface area contributed by atoms with E-state index in [4.69, 9.17) is 4.98 Å². The fourth-order valence-electron chi connectivity index (χ4n) is 4.86. The smallest absolute Gasteiger partial charge is 0.282 e. The lowest BCUT2D eigenvalue weighted by Crippen LogP contribution is -2.20. The summed E-state index contributed by atoms with van der Waals surface area (Å²) in [6.45, 7) is 1.92. The zero-order valence-electron chi connectivity index (χ0n) is 21.6. The molecule has 2 aromatic heterocycles. The third kappa shape index (κ3) is 4.67. The van der Waals surface area contributed by atoms with Crippen molar-refractivity contribution in [3.63, 3.8) is 0 Å². The molecule has 0 bridgehead atoms. The molecule has 0 unspecified atom stereocenters. The highest BCUT2D eigenvalue weighted by Gasteiger charge is 2.17. The van der Waals surface area contributed by atoms with E-state index in [2.05, 4.69) is 10.4 Å². The lowest BCUT2D eigenvalue weighted by Gasteiger charge is -2.10. The highest BCUT2D eigenvalue weighted by molar-refractivity contribution is 6.02. The minimum Gasteiger partial charge on any atom is -0.335 e. The Bertz CT molecular complexity index is 1980. The summed E-state index contributed by atoms with van der Waals surface area (Å²) >= 11 is 0. The Labute approximate surface area is 228 Å². The monoisotopic (exact) mass is 529 g/mol. The van der Waals surface area contributed by atoms with Gasteiger partial charge in [-0.15, -0.1) is 0 Å². The van der Waals surface area contributed by atoms with Gasteiger partial charge in [-0.3, -0.25) is 9.59 Å². The molecule has 0 atom stereocenters. The molecule has 0 aliphatic carbocycles. The van der Waals surface area contributed by atoms with Gasteiger partial charge in [-0.25, -0.2) is 9.37 Å². The van der Waals surface area contributed by atoms with E-state index in [1.807, 2.05) is 78.2 Å². The Morgan fingerprint density at radius 2 is 1.65 bits per heavy atom. The second kappa shape index (κ2) is 10.4. The number of amides is 1. The van der Waals surface area contributed by atoms with E-state index in [0.29, 0.717) is 22.4 Å². The number of nitrogens with zero attached hydrogens (tertiary/aromatic N) is 4. The number of nitrogens with one attached hydrogen (secondary N) is 1. The van der Waals surface area contributed by atoms with Crippen LogP contribution in [0.5, 0.6) is 0 Å². The van der Waals surface area contributed by atoms with Crippen molar-refractivity contribution in [3.05, 3.63) is 131 Å². The number of hydrogen-bond donors (Lipinski definition) is 1. The molecule has 0 fully saturated rings. The van der Waals surface area contributed by atoms with Crippen molar-refractivity contribution in [1.29, 1.82) is 0 Å². The largest absolute Gasteiger partial charge is 0.335 e. The molecule has 4 aromatic carbocycles. The standard InChI is InChI=1S/C32H24FN5O2/c1-21-27(25-14-6-8-17-29(25)37(21)20-30(39)35-24-13-9-12-23(33)18-24)19-34-38-31(22-10-3-2-4-11-22)36-28-16-7-5-15-26(28)32(38)40/h2-19H,20H2,1H3,(H,35,39). The van der Waals surface area contributed by atoms with Crippen LogP contribution in [-0.2, 0) is 11.3 Å². The van der Waals surface area contributed by atoms with Crippen molar-refractivity contribution in [3.8, 4) is 11.4 Å². The van der Waals surface area contributed by atoms with Gasteiger partial charge in [0, 0.05) is 33.4 Å². The lowest BCUT2D eigenvalue weighted by atomic mass is 10.1. The van der Waals surface area contributed by atoms with Gasteiger partial charge in [0.25, 0.3) is 5.56 Å². The van der Waals surface area contributed by atoms with Crippen LogP contribution in [0, 0.1) is 12.7 Å². The van der Waals surface area contributed by atoms with Crippen molar-refractivity contribution < 1.29 is 9.18 Å². The fourth-order valence-corrected chi connectivity index (χ4v) is 4.86. The third-order valence-corrected chi connectivity index (χ3v) is 6.78. The number of carbonyl (C=O) groups excluding carboxylic acids is 1. The normalized spacial score (nSPS) is 11.4. The summed E-state index contributed by atoms with van der Waals surface area (Å²) in [6, 6.07) is 30.1. The maximum atomic E-state index is 13.6. The zero-order valence-corrected chi connectivity index (χ0v) is 21.6. The molecule has 1 amide bonds. The SMILES string of the molecule is Cc1c(C=Nn2c(-c3ccccc3)nc3ccccc3c2=O)c2ccccc2n1CC(=O)Nc1cccc(F)c1. The van der Waals surface area contributed by atoms with Gasteiger partial charge in [0.2, 0.25) is 5.91 Å². The minimum absolute atomic E-state index is 0.0173. The Morgan fingerprint density at radius 3 is 2.45 bits per heavy atom. The summed E-state index contributed by atoms with van der Waals surface area (Å²) in [5.74, 6) is -0.289. The molecule has 0 saturated carbocycles. The van der Waals surface area contributed by atoms with Crippen LogP contribution >= 0.6 is 0 Å². The first-order chi connectivity index (χ1) is 19.5. The lowest BCUT2D eigenvalue weighted by molar-refractivity contribution is -0.116. The number of anilines is 1. The highest BCUT2D eigenvalue weighted by atomic mass is 19.1. The predicted octanol–water partition coefficient (Wildman–Crippen LogP) is 5.99. The summed E-state index contributed by atoms with van der Waals surface area (Å²) in [5.41, 5.74) is 3.86. The number of hydrogen-bond acceptors (Lipinski definition) is 4. The van der Waals surface area contributed by atoms with Gasteiger partial charge in [-0.05, 0) is 43.3 Å². The maximum Gasteiger partial charge on any atom is 0.282 e. The number of carbonyl (C=O) groups is 1. The van der Waals surface area contributed by atoms with E-state index < -0.39 is 5.82 Å². The number of benzene rings is 4. The fraction of sp³-hybridized carbons (Fsp3) is 0.0625. The van der Waals surface area contributed by atoms with Gasteiger partial charge in [-0.2, -0.15) is 9.78 Å². The molecule has 0 aliphatic heterocycles. The van der Waals surface area contributed by atoms with Gasteiger partial charge in [0.1, 0.15) is 12.4 Å². The second-order valence-corrected chi connectivity index (χ2v) is 9.34. The molecule has 8 heteroatoms. The van der Waals surface area contributed by atoms with E-state index in [1.165, 1.54) is 16.8 Å².